The van der Waals surface area contributed by atoms with Crippen molar-refractivity contribution in [3.05, 3.63) is 18.2 Å². The van der Waals surface area contributed by atoms with E-state index in [4.69, 9.17) is 0 Å². The Kier molecular flexibility index (Phi) is 9.63. The molecule has 5 nitrogen and oxygen atoms in total. The molecule has 0 unspecified atom stereocenters. The predicted molar refractivity (Wildman–Crippen MR) is 91.2 cm³/mol. The number of aromatic nitrogens is 2. The fraction of sp³-hybridized carbons (Fsp3) is 0.692. The van der Waals surface area contributed by atoms with Crippen molar-refractivity contribution in [2.75, 3.05) is 13.6 Å². The molecule has 0 aliphatic heterocycles. The Morgan fingerprint density at radius 2 is 2.16 bits per heavy atom. The standard InChI is InChI=1S/C13H25N5.HI/c1-11(2)17-13(14-4)16-7-5-6-9-18-10-8-15-12(18)3;/h8,10-11H,5-7,9H2,1-4H3,(H2,14,16,17);1H. The van der Waals surface area contributed by atoms with Crippen LogP contribution >= 0.6 is 24.0 Å². The van der Waals surface area contributed by atoms with Crippen LogP contribution in [0, 0.1) is 6.92 Å². The monoisotopic (exact) mass is 379 g/mol. The molecule has 0 saturated heterocycles. The zero-order chi connectivity index (χ0) is 13.4. The van der Waals surface area contributed by atoms with E-state index in [1.807, 2.05) is 19.3 Å². The van der Waals surface area contributed by atoms with Crippen LogP contribution in [0.5, 0.6) is 0 Å². The van der Waals surface area contributed by atoms with E-state index in [1.165, 1.54) is 0 Å². The molecule has 0 radical (unpaired) electrons. The lowest BCUT2D eigenvalue weighted by Gasteiger charge is -2.14. The molecule has 2 N–H and O–H groups in total. The lowest BCUT2D eigenvalue weighted by atomic mass is 10.3. The van der Waals surface area contributed by atoms with Crippen LogP contribution in [0.1, 0.15) is 32.5 Å². The number of unbranched alkanes of at least 4 members (excludes halogenated alkanes) is 1. The Hall–Kier alpha value is -0.790. The number of halogens is 1. The maximum atomic E-state index is 4.21. The number of rotatable bonds is 6. The first-order chi connectivity index (χ1) is 8.63. The maximum Gasteiger partial charge on any atom is 0.191 e. The first-order valence-corrected chi connectivity index (χ1v) is 6.58. The summed E-state index contributed by atoms with van der Waals surface area (Å²) in [6.07, 6.45) is 6.14. The molecule has 0 aromatic carbocycles. The molecular weight excluding hydrogens is 353 g/mol. The van der Waals surface area contributed by atoms with Gasteiger partial charge in [-0.25, -0.2) is 4.98 Å². The topological polar surface area (TPSA) is 54.2 Å². The van der Waals surface area contributed by atoms with Gasteiger partial charge in [0.15, 0.2) is 5.96 Å². The Bertz CT molecular complexity index is 373. The van der Waals surface area contributed by atoms with Gasteiger partial charge >= 0.3 is 0 Å². The largest absolute Gasteiger partial charge is 0.356 e. The van der Waals surface area contributed by atoms with Gasteiger partial charge in [0, 0.05) is 38.6 Å². The molecule has 0 bridgehead atoms. The number of aliphatic imine (C=N–C) groups is 1. The van der Waals surface area contributed by atoms with E-state index in [9.17, 15) is 0 Å². The zero-order valence-corrected chi connectivity index (χ0v) is 14.6. The SMILES string of the molecule is CN=C(NCCCCn1ccnc1C)NC(C)C.I. The molecule has 0 aliphatic carbocycles. The summed E-state index contributed by atoms with van der Waals surface area (Å²) in [5.41, 5.74) is 0. The van der Waals surface area contributed by atoms with Crippen LogP contribution in [0.25, 0.3) is 0 Å². The molecule has 0 saturated carbocycles. The van der Waals surface area contributed by atoms with E-state index in [1.54, 1.807) is 7.05 Å². The van der Waals surface area contributed by atoms with Gasteiger partial charge in [0.05, 0.1) is 0 Å². The number of guanidine groups is 1. The third-order valence-electron chi connectivity index (χ3n) is 2.69. The van der Waals surface area contributed by atoms with Crippen molar-refractivity contribution in [2.24, 2.45) is 4.99 Å². The second-order valence-corrected chi connectivity index (χ2v) is 4.67. The molecule has 1 aromatic heterocycles. The highest BCUT2D eigenvalue weighted by atomic mass is 127. The predicted octanol–water partition coefficient (Wildman–Crippen LogP) is 2.16. The van der Waals surface area contributed by atoms with Crippen LogP contribution in [0.15, 0.2) is 17.4 Å². The minimum Gasteiger partial charge on any atom is -0.356 e. The molecular formula is C13H26IN5. The van der Waals surface area contributed by atoms with E-state index in [0.717, 1.165) is 37.7 Å². The summed E-state index contributed by atoms with van der Waals surface area (Å²) in [6.45, 7) is 8.22. The van der Waals surface area contributed by atoms with Gasteiger partial charge in [-0.3, -0.25) is 4.99 Å². The minimum atomic E-state index is 0. The summed E-state index contributed by atoms with van der Waals surface area (Å²) in [4.78, 5) is 8.38. The normalized spacial score (nSPS) is 11.3. The number of aryl methyl sites for hydroxylation is 2. The van der Waals surface area contributed by atoms with E-state index in [2.05, 4.69) is 39.0 Å². The van der Waals surface area contributed by atoms with Crippen LogP contribution in [-0.2, 0) is 6.54 Å². The Morgan fingerprint density at radius 1 is 1.42 bits per heavy atom. The van der Waals surface area contributed by atoms with Crippen LogP contribution in [0.4, 0.5) is 0 Å². The van der Waals surface area contributed by atoms with Gasteiger partial charge in [-0.2, -0.15) is 0 Å². The number of hydrogen-bond donors (Lipinski definition) is 2. The van der Waals surface area contributed by atoms with Gasteiger partial charge < -0.3 is 15.2 Å². The first kappa shape index (κ1) is 18.2. The van der Waals surface area contributed by atoms with Crippen molar-refractivity contribution in [3.63, 3.8) is 0 Å². The van der Waals surface area contributed by atoms with Crippen LogP contribution in [-0.4, -0.2) is 35.1 Å². The number of nitrogens with zero attached hydrogens (tertiary/aromatic N) is 3. The molecule has 1 rings (SSSR count). The van der Waals surface area contributed by atoms with E-state index in [0.29, 0.717) is 6.04 Å². The molecule has 0 spiro atoms. The van der Waals surface area contributed by atoms with E-state index < -0.39 is 0 Å². The molecule has 19 heavy (non-hydrogen) atoms. The lowest BCUT2D eigenvalue weighted by Crippen LogP contribution is -2.41. The highest BCUT2D eigenvalue weighted by Gasteiger charge is 1.99. The molecule has 0 atom stereocenters. The average molecular weight is 379 g/mol. The first-order valence-electron chi connectivity index (χ1n) is 6.58. The fourth-order valence-corrected chi connectivity index (χ4v) is 1.72. The van der Waals surface area contributed by atoms with E-state index >= 15 is 0 Å². The molecule has 1 heterocycles. The summed E-state index contributed by atoms with van der Waals surface area (Å²) in [6, 6.07) is 0.407. The summed E-state index contributed by atoms with van der Waals surface area (Å²) in [5.74, 6) is 1.96. The second kappa shape index (κ2) is 10.1. The fourth-order valence-electron chi connectivity index (χ4n) is 1.72. The van der Waals surface area contributed by atoms with Gasteiger partial charge in [-0.15, -0.1) is 24.0 Å². The lowest BCUT2D eigenvalue weighted by molar-refractivity contribution is 0.585. The zero-order valence-electron chi connectivity index (χ0n) is 12.3. The molecule has 0 amide bonds. The Balaban J connectivity index is 0.00000324. The number of imidazole rings is 1. The molecule has 1 aromatic rings. The van der Waals surface area contributed by atoms with Crippen molar-refractivity contribution >= 4 is 29.9 Å². The smallest absolute Gasteiger partial charge is 0.191 e. The number of hydrogen-bond acceptors (Lipinski definition) is 2. The Labute approximate surface area is 133 Å². The Morgan fingerprint density at radius 3 is 2.68 bits per heavy atom. The molecule has 110 valence electrons. The van der Waals surface area contributed by atoms with Crippen molar-refractivity contribution < 1.29 is 0 Å². The molecule has 0 fully saturated rings. The molecule has 0 aliphatic rings. The van der Waals surface area contributed by atoms with Crippen LogP contribution in [0.2, 0.25) is 0 Å². The number of nitrogens with one attached hydrogen (secondary N) is 2. The average Bonchev–Trinajstić information content (AvgIpc) is 2.72. The van der Waals surface area contributed by atoms with Crippen LogP contribution < -0.4 is 10.6 Å². The highest BCUT2D eigenvalue weighted by molar-refractivity contribution is 14.0. The van der Waals surface area contributed by atoms with Gasteiger partial charge in [0.1, 0.15) is 5.82 Å². The summed E-state index contributed by atoms with van der Waals surface area (Å²) >= 11 is 0. The third-order valence-corrected chi connectivity index (χ3v) is 2.69. The minimum absolute atomic E-state index is 0. The third kappa shape index (κ3) is 7.39. The highest BCUT2D eigenvalue weighted by Crippen LogP contribution is 1.99. The van der Waals surface area contributed by atoms with E-state index in [-0.39, 0.29) is 24.0 Å². The van der Waals surface area contributed by atoms with Crippen LogP contribution in [0.3, 0.4) is 0 Å². The van der Waals surface area contributed by atoms with Crippen molar-refractivity contribution in [3.8, 4) is 0 Å². The van der Waals surface area contributed by atoms with Gasteiger partial charge in [-0.05, 0) is 33.6 Å². The maximum absolute atomic E-state index is 4.21. The van der Waals surface area contributed by atoms with Gasteiger partial charge in [0.25, 0.3) is 0 Å². The van der Waals surface area contributed by atoms with Gasteiger partial charge in [0.2, 0.25) is 0 Å². The van der Waals surface area contributed by atoms with Gasteiger partial charge in [-0.1, -0.05) is 0 Å². The summed E-state index contributed by atoms with van der Waals surface area (Å²) in [7, 11) is 1.80. The molecule has 6 heteroatoms. The quantitative estimate of drug-likeness (QED) is 0.345. The van der Waals surface area contributed by atoms with Crippen molar-refractivity contribution in [1.82, 2.24) is 20.2 Å². The summed E-state index contributed by atoms with van der Waals surface area (Å²) in [5, 5.41) is 6.58. The van der Waals surface area contributed by atoms with Crippen molar-refractivity contribution in [1.29, 1.82) is 0 Å². The second-order valence-electron chi connectivity index (χ2n) is 4.67. The summed E-state index contributed by atoms with van der Waals surface area (Å²) < 4.78 is 2.18. The van der Waals surface area contributed by atoms with Crippen molar-refractivity contribution in [2.45, 2.75) is 46.2 Å².